The Morgan fingerprint density at radius 2 is 0.966 bits per heavy atom. The fourth-order valence-corrected chi connectivity index (χ4v) is 3.45. The van der Waals surface area contributed by atoms with Crippen LogP contribution in [0.1, 0.15) is 77.6 Å². The first kappa shape index (κ1) is 22.3. The van der Waals surface area contributed by atoms with Crippen LogP contribution < -0.4 is 9.47 Å². The standard InChI is InChI=1S/C25H30N2O2/c1-23(2,3)19-13-17(9-11-21(19)28-15-26)25(7,8)18-10-12-22(29-16-27)20(14-18)24(4,5)6/h9-14H,1-8H3. The van der Waals surface area contributed by atoms with Crippen molar-refractivity contribution in [3.05, 3.63) is 58.7 Å². The number of benzene rings is 2. The Morgan fingerprint density at radius 3 is 1.24 bits per heavy atom. The highest BCUT2D eigenvalue weighted by Gasteiger charge is 2.29. The minimum absolute atomic E-state index is 0.167. The minimum atomic E-state index is -0.295. The molecule has 0 amide bonds. The Labute approximate surface area is 174 Å². The molecule has 0 bridgehead atoms. The Hall–Kier alpha value is -2.98. The summed E-state index contributed by atoms with van der Waals surface area (Å²) in [7, 11) is 0. The molecule has 152 valence electrons. The first-order valence-electron chi connectivity index (χ1n) is 9.74. The fourth-order valence-electron chi connectivity index (χ4n) is 3.45. The molecule has 0 aliphatic heterocycles. The molecule has 29 heavy (non-hydrogen) atoms. The maximum atomic E-state index is 8.99. The van der Waals surface area contributed by atoms with E-state index in [0.717, 1.165) is 22.3 Å². The smallest absolute Gasteiger partial charge is 0.292 e. The number of ether oxygens (including phenoxy) is 2. The molecule has 0 heterocycles. The maximum absolute atomic E-state index is 8.99. The molecule has 0 radical (unpaired) electrons. The predicted octanol–water partition coefficient (Wildman–Crippen LogP) is 6.33. The van der Waals surface area contributed by atoms with Crippen LogP contribution in [-0.2, 0) is 16.2 Å². The van der Waals surface area contributed by atoms with E-state index in [1.165, 1.54) is 0 Å². The van der Waals surface area contributed by atoms with Crippen LogP contribution in [-0.4, -0.2) is 0 Å². The summed E-state index contributed by atoms with van der Waals surface area (Å²) in [4.78, 5) is 0. The molecule has 2 aromatic rings. The van der Waals surface area contributed by atoms with E-state index in [4.69, 9.17) is 20.0 Å². The van der Waals surface area contributed by atoms with Crippen LogP contribution in [0.15, 0.2) is 36.4 Å². The molecular weight excluding hydrogens is 360 g/mol. The first-order chi connectivity index (χ1) is 13.3. The monoisotopic (exact) mass is 390 g/mol. The predicted molar refractivity (Wildman–Crippen MR) is 115 cm³/mol. The quantitative estimate of drug-likeness (QED) is 0.572. The number of nitrogens with zero attached hydrogens (tertiary/aromatic N) is 2. The molecule has 4 heteroatoms. The number of hydrogen-bond acceptors (Lipinski definition) is 4. The van der Waals surface area contributed by atoms with Gasteiger partial charge in [-0.1, -0.05) is 79.7 Å². The molecule has 0 atom stereocenters. The average Bonchev–Trinajstić information content (AvgIpc) is 2.61. The highest BCUT2D eigenvalue weighted by atomic mass is 16.5. The molecule has 2 rings (SSSR count). The van der Waals surface area contributed by atoms with Gasteiger partial charge in [0.25, 0.3) is 12.5 Å². The number of hydrogen-bond donors (Lipinski definition) is 0. The lowest BCUT2D eigenvalue weighted by molar-refractivity contribution is 0.470. The van der Waals surface area contributed by atoms with Crippen LogP contribution in [0, 0.1) is 23.0 Å². The van der Waals surface area contributed by atoms with Crippen molar-refractivity contribution < 1.29 is 9.47 Å². The van der Waals surface area contributed by atoms with Gasteiger partial charge in [-0.3, -0.25) is 0 Å². The summed E-state index contributed by atoms with van der Waals surface area (Å²) >= 11 is 0. The molecular formula is C25H30N2O2. The van der Waals surface area contributed by atoms with Crippen LogP contribution in [0.4, 0.5) is 0 Å². The van der Waals surface area contributed by atoms with Gasteiger partial charge in [0.15, 0.2) is 0 Å². The fraction of sp³-hybridized carbons (Fsp3) is 0.440. The van der Waals surface area contributed by atoms with E-state index < -0.39 is 0 Å². The van der Waals surface area contributed by atoms with Crippen molar-refractivity contribution in [1.29, 1.82) is 10.5 Å². The van der Waals surface area contributed by atoms with Gasteiger partial charge in [0.1, 0.15) is 11.5 Å². The topological polar surface area (TPSA) is 66.0 Å². The number of rotatable bonds is 4. The Morgan fingerprint density at radius 1 is 0.621 bits per heavy atom. The molecule has 0 fully saturated rings. The molecule has 0 N–H and O–H groups in total. The van der Waals surface area contributed by atoms with Crippen molar-refractivity contribution in [2.75, 3.05) is 0 Å². The Balaban J connectivity index is 2.64. The molecule has 0 unspecified atom stereocenters. The molecule has 0 saturated carbocycles. The third-order valence-corrected chi connectivity index (χ3v) is 5.33. The molecule has 4 nitrogen and oxygen atoms in total. The minimum Gasteiger partial charge on any atom is -0.388 e. The van der Waals surface area contributed by atoms with Crippen molar-refractivity contribution in [3.8, 4) is 24.0 Å². The molecule has 0 aliphatic carbocycles. The van der Waals surface area contributed by atoms with E-state index in [9.17, 15) is 0 Å². The van der Waals surface area contributed by atoms with Gasteiger partial charge in [-0.2, -0.15) is 0 Å². The van der Waals surface area contributed by atoms with E-state index in [0.29, 0.717) is 11.5 Å². The van der Waals surface area contributed by atoms with E-state index in [-0.39, 0.29) is 16.2 Å². The second-order valence-electron chi connectivity index (χ2n) is 9.93. The van der Waals surface area contributed by atoms with Gasteiger partial charge in [0.05, 0.1) is 0 Å². The average molecular weight is 391 g/mol. The summed E-state index contributed by atoms with van der Waals surface area (Å²) in [5.41, 5.74) is 3.60. The van der Waals surface area contributed by atoms with E-state index in [1.54, 1.807) is 12.5 Å². The highest BCUT2D eigenvalue weighted by molar-refractivity contribution is 5.50. The second kappa shape index (κ2) is 7.80. The van der Waals surface area contributed by atoms with Crippen molar-refractivity contribution in [2.24, 2.45) is 0 Å². The summed E-state index contributed by atoms with van der Waals surface area (Å²) in [5, 5.41) is 18.0. The zero-order valence-electron chi connectivity index (χ0n) is 18.7. The van der Waals surface area contributed by atoms with Gasteiger partial charge >= 0.3 is 0 Å². The molecule has 0 saturated heterocycles. The van der Waals surface area contributed by atoms with E-state index in [2.05, 4.69) is 67.5 Å². The van der Waals surface area contributed by atoms with Crippen LogP contribution >= 0.6 is 0 Å². The summed E-state index contributed by atoms with van der Waals surface area (Å²) in [5.74, 6) is 1.18. The normalized spacial score (nSPS) is 12.1. The largest absolute Gasteiger partial charge is 0.388 e. The van der Waals surface area contributed by atoms with Crippen molar-refractivity contribution in [3.63, 3.8) is 0 Å². The second-order valence-corrected chi connectivity index (χ2v) is 9.93. The van der Waals surface area contributed by atoms with E-state index >= 15 is 0 Å². The SMILES string of the molecule is CC(C)(C)c1cc(C(C)(C)c2ccc(OC#N)c(C(C)(C)C)c2)ccc1OC#N. The van der Waals surface area contributed by atoms with Gasteiger partial charge in [-0.05, 0) is 34.1 Å². The summed E-state index contributed by atoms with van der Waals surface area (Å²) in [6.07, 6.45) is 3.58. The Kier molecular flexibility index (Phi) is 6.00. The number of nitriles is 2. The first-order valence-corrected chi connectivity index (χ1v) is 9.74. The molecule has 0 spiro atoms. The van der Waals surface area contributed by atoms with Gasteiger partial charge < -0.3 is 9.47 Å². The lowest BCUT2D eigenvalue weighted by Gasteiger charge is -2.31. The summed E-state index contributed by atoms with van der Waals surface area (Å²) < 4.78 is 10.4. The Bertz CT molecular complexity index is 898. The van der Waals surface area contributed by atoms with Gasteiger partial charge in [-0.25, -0.2) is 0 Å². The third-order valence-electron chi connectivity index (χ3n) is 5.33. The van der Waals surface area contributed by atoms with Crippen LogP contribution in [0.2, 0.25) is 0 Å². The summed E-state index contributed by atoms with van der Waals surface area (Å²) in [6, 6.07) is 12.0. The van der Waals surface area contributed by atoms with Crippen LogP contribution in [0.3, 0.4) is 0 Å². The van der Waals surface area contributed by atoms with Crippen molar-refractivity contribution in [2.45, 2.75) is 71.6 Å². The van der Waals surface area contributed by atoms with Gasteiger partial charge in [0, 0.05) is 16.5 Å². The van der Waals surface area contributed by atoms with Gasteiger partial charge in [0.2, 0.25) is 0 Å². The maximum Gasteiger partial charge on any atom is 0.292 e. The summed E-state index contributed by atoms with van der Waals surface area (Å²) in [6.45, 7) is 17.0. The van der Waals surface area contributed by atoms with E-state index in [1.807, 2.05) is 24.3 Å². The lowest BCUT2D eigenvalue weighted by atomic mass is 9.73. The van der Waals surface area contributed by atoms with Crippen LogP contribution in [0.5, 0.6) is 11.5 Å². The molecule has 0 aliphatic rings. The zero-order chi connectivity index (χ0) is 22.0. The molecule has 2 aromatic carbocycles. The van der Waals surface area contributed by atoms with Crippen molar-refractivity contribution in [1.82, 2.24) is 0 Å². The van der Waals surface area contributed by atoms with Crippen LogP contribution in [0.25, 0.3) is 0 Å². The molecule has 0 aromatic heterocycles. The third kappa shape index (κ3) is 4.72. The highest BCUT2D eigenvalue weighted by Crippen LogP contribution is 2.41. The van der Waals surface area contributed by atoms with Gasteiger partial charge in [-0.15, -0.1) is 10.5 Å². The zero-order valence-corrected chi connectivity index (χ0v) is 18.7. The lowest BCUT2D eigenvalue weighted by Crippen LogP contribution is -2.23. The van der Waals surface area contributed by atoms with Crippen molar-refractivity contribution >= 4 is 0 Å².